The second-order valence-electron chi connectivity index (χ2n) is 8.74. The smallest absolute Gasteiger partial charge is 0.251 e. The van der Waals surface area contributed by atoms with Gasteiger partial charge in [0.15, 0.2) is 0 Å². The molecule has 0 radical (unpaired) electrons. The van der Waals surface area contributed by atoms with Crippen molar-refractivity contribution in [2.45, 2.75) is 46.6 Å². The van der Waals surface area contributed by atoms with E-state index in [1.807, 2.05) is 45.0 Å². The van der Waals surface area contributed by atoms with Crippen LogP contribution < -0.4 is 20.7 Å². The van der Waals surface area contributed by atoms with Gasteiger partial charge in [0.1, 0.15) is 5.75 Å². The molecule has 3 N–H and O–H groups in total. The standard InChI is InChI=1S/C24H33N3O3/c1-17(2)13-14-30-21-8-6-7-20(15-21)26-22(28)16-25-19-11-9-18(10-12-19)23(29)27-24(3,4)5/h6-12,15,17,25H,13-14,16H2,1-5H3,(H,26,28)(H,27,29). The lowest BCUT2D eigenvalue weighted by Gasteiger charge is -2.20. The van der Waals surface area contributed by atoms with Gasteiger partial charge in [-0.05, 0) is 69.5 Å². The summed E-state index contributed by atoms with van der Waals surface area (Å²) in [5.41, 5.74) is 1.75. The number of anilines is 2. The molecule has 0 saturated heterocycles. The van der Waals surface area contributed by atoms with Gasteiger partial charge in [0, 0.05) is 28.5 Å². The molecule has 0 fully saturated rings. The minimum atomic E-state index is -0.289. The van der Waals surface area contributed by atoms with Crippen molar-refractivity contribution >= 4 is 23.2 Å². The Morgan fingerprint density at radius 1 is 1.00 bits per heavy atom. The highest BCUT2D eigenvalue weighted by atomic mass is 16.5. The molecular formula is C24H33N3O3. The Kier molecular flexibility index (Phi) is 8.27. The Bertz CT molecular complexity index is 840. The molecule has 2 aromatic rings. The van der Waals surface area contributed by atoms with E-state index in [1.54, 1.807) is 24.3 Å². The fraction of sp³-hybridized carbons (Fsp3) is 0.417. The number of hydrogen-bond acceptors (Lipinski definition) is 4. The van der Waals surface area contributed by atoms with Crippen molar-refractivity contribution in [3.05, 3.63) is 54.1 Å². The third kappa shape index (κ3) is 8.55. The van der Waals surface area contributed by atoms with Gasteiger partial charge < -0.3 is 20.7 Å². The van der Waals surface area contributed by atoms with Gasteiger partial charge in [-0.15, -0.1) is 0 Å². The topological polar surface area (TPSA) is 79.5 Å². The van der Waals surface area contributed by atoms with Crippen LogP contribution in [0.15, 0.2) is 48.5 Å². The number of ether oxygens (including phenoxy) is 1. The highest BCUT2D eigenvalue weighted by Gasteiger charge is 2.15. The summed E-state index contributed by atoms with van der Waals surface area (Å²) < 4.78 is 5.73. The predicted octanol–water partition coefficient (Wildman–Crippen LogP) is 4.69. The van der Waals surface area contributed by atoms with Crippen molar-refractivity contribution in [3.8, 4) is 5.75 Å². The van der Waals surface area contributed by atoms with E-state index in [4.69, 9.17) is 4.74 Å². The second-order valence-corrected chi connectivity index (χ2v) is 8.74. The average molecular weight is 412 g/mol. The number of carbonyl (C=O) groups is 2. The summed E-state index contributed by atoms with van der Waals surface area (Å²) in [5, 5.41) is 8.85. The molecule has 0 heterocycles. The molecule has 162 valence electrons. The Labute approximate surface area is 179 Å². The molecule has 0 aliphatic carbocycles. The summed E-state index contributed by atoms with van der Waals surface area (Å²) in [5.74, 6) is 1.04. The Balaban J connectivity index is 1.82. The average Bonchev–Trinajstić information content (AvgIpc) is 2.65. The van der Waals surface area contributed by atoms with E-state index in [1.165, 1.54) is 0 Å². The predicted molar refractivity (Wildman–Crippen MR) is 122 cm³/mol. The van der Waals surface area contributed by atoms with E-state index in [-0.39, 0.29) is 23.9 Å². The van der Waals surface area contributed by atoms with Gasteiger partial charge >= 0.3 is 0 Å². The molecule has 30 heavy (non-hydrogen) atoms. The SMILES string of the molecule is CC(C)CCOc1cccc(NC(=O)CNc2ccc(C(=O)NC(C)(C)C)cc2)c1. The van der Waals surface area contributed by atoms with Crippen molar-refractivity contribution in [3.63, 3.8) is 0 Å². The molecule has 2 amide bonds. The summed E-state index contributed by atoms with van der Waals surface area (Å²) in [6.07, 6.45) is 0.983. The molecule has 0 saturated carbocycles. The Morgan fingerprint density at radius 3 is 2.33 bits per heavy atom. The molecule has 0 aliphatic rings. The lowest BCUT2D eigenvalue weighted by atomic mass is 10.1. The zero-order chi connectivity index (χ0) is 22.1. The lowest BCUT2D eigenvalue weighted by Crippen LogP contribution is -2.40. The molecular weight excluding hydrogens is 378 g/mol. The number of rotatable bonds is 9. The van der Waals surface area contributed by atoms with Gasteiger partial charge in [0.25, 0.3) is 5.91 Å². The summed E-state index contributed by atoms with van der Waals surface area (Å²) >= 11 is 0. The van der Waals surface area contributed by atoms with Crippen LogP contribution in [0.25, 0.3) is 0 Å². The highest BCUT2D eigenvalue weighted by molar-refractivity contribution is 5.95. The van der Waals surface area contributed by atoms with E-state index in [2.05, 4.69) is 29.8 Å². The maximum Gasteiger partial charge on any atom is 0.251 e. The first-order valence-corrected chi connectivity index (χ1v) is 10.3. The minimum Gasteiger partial charge on any atom is -0.494 e. The quantitative estimate of drug-likeness (QED) is 0.559. The van der Waals surface area contributed by atoms with Gasteiger partial charge in [-0.25, -0.2) is 0 Å². The summed E-state index contributed by atoms with van der Waals surface area (Å²) in [6.45, 7) is 10.9. The summed E-state index contributed by atoms with van der Waals surface area (Å²) in [4.78, 5) is 24.4. The van der Waals surface area contributed by atoms with Crippen LogP contribution in [0.5, 0.6) is 5.75 Å². The van der Waals surface area contributed by atoms with Gasteiger partial charge in [0.2, 0.25) is 5.91 Å². The van der Waals surface area contributed by atoms with E-state index < -0.39 is 0 Å². The molecule has 2 aromatic carbocycles. The van der Waals surface area contributed by atoms with Crippen LogP contribution in [0.1, 0.15) is 51.4 Å². The number of nitrogens with one attached hydrogen (secondary N) is 3. The third-order valence-electron chi connectivity index (χ3n) is 4.17. The summed E-state index contributed by atoms with van der Waals surface area (Å²) in [6, 6.07) is 14.4. The molecule has 6 heteroatoms. The van der Waals surface area contributed by atoms with Crippen LogP contribution in [0.4, 0.5) is 11.4 Å². The van der Waals surface area contributed by atoms with Crippen molar-refractivity contribution in [1.82, 2.24) is 5.32 Å². The van der Waals surface area contributed by atoms with Gasteiger partial charge in [-0.2, -0.15) is 0 Å². The van der Waals surface area contributed by atoms with Crippen LogP contribution in [0, 0.1) is 5.92 Å². The van der Waals surface area contributed by atoms with E-state index in [9.17, 15) is 9.59 Å². The lowest BCUT2D eigenvalue weighted by molar-refractivity contribution is -0.114. The number of carbonyl (C=O) groups excluding carboxylic acids is 2. The van der Waals surface area contributed by atoms with Gasteiger partial charge in [-0.1, -0.05) is 19.9 Å². The van der Waals surface area contributed by atoms with Gasteiger partial charge in [0.05, 0.1) is 13.2 Å². The third-order valence-corrected chi connectivity index (χ3v) is 4.17. The van der Waals surface area contributed by atoms with E-state index in [0.717, 1.165) is 17.9 Å². The zero-order valence-corrected chi connectivity index (χ0v) is 18.5. The second kappa shape index (κ2) is 10.7. The first kappa shape index (κ1) is 23.3. The molecule has 0 aliphatic heterocycles. The first-order valence-electron chi connectivity index (χ1n) is 10.3. The number of amides is 2. The minimum absolute atomic E-state index is 0.117. The monoisotopic (exact) mass is 411 g/mol. The molecule has 0 atom stereocenters. The maximum absolute atomic E-state index is 12.3. The van der Waals surface area contributed by atoms with Crippen molar-refractivity contribution in [2.24, 2.45) is 5.92 Å². The number of hydrogen-bond donors (Lipinski definition) is 3. The molecule has 6 nitrogen and oxygen atoms in total. The normalized spacial score (nSPS) is 11.1. The zero-order valence-electron chi connectivity index (χ0n) is 18.5. The van der Waals surface area contributed by atoms with Crippen molar-refractivity contribution in [1.29, 1.82) is 0 Å². The van der Waals surface area contributed by atoms with Crippen LogP contribution in [-0.2, 0) is 4.79 Å². The fourth-order valence-corrected chi connectivity index (χ4v) is 2.62. The Hall–Kier alpha value is -3.02. The Morgan fingerprint density at radius 2 is 1.70 bits per heavy atom. The molecule has 2 rings (SSSR count). The van der Waals surface area contributed by atoms with Crippen LogP contribution in [-0.4, -0.2) is 30.5 Å². The van der Waals surface area contributed by atoms with Crippen molar-refractivity contribution in [2.75, 3.05) is 23.8 Å². The molecule has 0 unspecified atom stereocenters. The molecule has 0 bridgehead atoms. The highest BCUT2D eigenvalue weighted by Crippen LogP contribution is 2.18. The van der Waals surface area contributed by atoms with Crippen molar-refractivity contribution < 1.29 is 14.3 Å². The number of benzene rings is 2. The van der Waals surface area contributed by atoms with E-state index in [0.29, 0.717) is 23.8 Å². The van der Waals surface area contributed by atoms with E-state index >= 15 is 0 Å². The first-order chi connectivity index (χ1) is 14.1. The fourth-order valence-electron chi connectivity index (χ4n) is 2.62. The largest absolute Gasteiger partial charge is 0.494 e. The molecule has 0 aromatic heterocycles. The van der Waals surface area contributed by atoms with Crippen LogP contribution in [0.3, 0.4) is 0 Å². The van der Waals surface area contributed by atoms with Crippen LogP contribution in [0.2, 0.25) is 0 Å². The maximum atomic E-state index is 12.3. The summed E-state index contributed by atoms with van der Waals surface area (Å²) in [7, 11) is 0. The van der Waals surface area contributed by atoms with Crippen LogP contribution >= 0.6 is 0 Å². The van der Waals surface area contributed by atoms with Gasteiger partial charge in [-0.3, -0.25) is 9.59 Å². The molecule has 0 spiro atoms.